The topological polar surface area (TPSA) is 59.1 Å². The average Bonchev–Trinajstić information content (AvgIpc) is 2.41. The molecule has 0 aliphatic heterocycles. The highest BCUT2D eigenvalue weighted by molar-refractivity contribution is 7.88. The fourth-order valence-corrected chi connectivity index (χ4v) is 2.80. The fraction of sp³-hybridized carbons (Fsp3) is 0.214. The van der Waals surface area contributed by atoms with Crippen LogP contribution in [-0.2, 0) is 22.3 Å². The Bertz CT molecular complexity index is 685. The number of nitrogens with one attached hydrogen (secondary N) is 1. The normalized spacial score (nSPS) is 11.5. The fourth-order valence-electron chi connectivity index (χ4n) is 1.67. The van der Waals surface area contributed by atoms with Crippen molar-refractivity contribution in [2.24, 2.45) is 0 Å². The van der Waals surface area contributed by atoms with Gasteiger partial charge in [-0.2, -0.15) is 0 Å². The van der Waals surface area contributed by atoms with Gasteiger partial charge in [-0.3, -0.25) is 4.98 Å². The summed E-state index contributed by atoms with van der Waals surface area (Å²) in [5.41, 5.74) is 1.78. The largest absolute Gasteiger partial charge is 0.261 e. The highest BCUT2D eigenvalue weighted by Crippen LogP contribution is 2.10. The zero-order valence-corrected chi connectivity index (χ0v) is 11.8. The van der Waals surface area contributed by atoms with Crippen molar-refractivity contribution in [3.63, 3.8) is 0 Å². The standard InChI is InChI=1S/C14H15FN2O2S/c1-11-6-7-12(8-16-11)9-17-20(18,19)10-13-4-2-3-5-14(13)15/h2-8,17H,9-10H2,1H3. The van der Waals surface area contributed by atoms with Crippen molar-refractivity contribution in [1.29, 1.82) is 0 Å². The van der Waals surface area contributed by atoms with Gasteiger partial charge in [0.15, 0.2) is 0 Å². The SMILES string of the molecule is Cc1ccc(CNS(=O)(=O)Cc2ccccc2F)cn1. The second kappa shape index (κ2) is 6.11. The lowest BCUT2D eigenvalue weighted by atomic mass is 10.2. The molecule has 0 atom stereocenters. The molecular weight excluding hydrogens is 279 g/mol. The van der Waals surface area contributed by atoms with Crippen molar-refractivity contribution >= 4 is 10.0 Å². The molecule has 0 amide bonds. The smallest absolute Gasteiger partial charge is 0.216 e. The number of nitrogens with zero attached hydrogens (tertiary/aromatic N) is 1. The van der Waals surface area contributed by atoms with Crippen LogP contribution in [0.15, 0.2) is 42.6 Å². The van der Waals surface area contributed by atoms with Crippen LogP contribution in [-0.4, -0.2) is 13.4 Å². The summed E-state index contributed by atoms with van der Waals surface area (Å²) in [7, 11) is -3.58. The Hall–Kier alpha value is -1.79. The maximum Gasteiger partial charge on any atom is 0.216 e. The van der Waals surface area contributed by atoms with Crippen molar-refractivity contribution in [3.05, 3.63) is 65.2 Å². The number of benzene rings is 1. The van der Waals surface area contributed by atoms with Gasteiger partial charge in [0.05, 0.1) is 5.75 Å². The first-order valence-electron chi connectivity index (χ1n) is 6.08. The number of rotatable bonds is 5. The summed E-state index contributed by atoms with van der Waals surface area (Å²) < 4.78 is 39.6. The minimum Gasteiger partial charge on any atom is -0.261 e. The zero-order valence-electron chi connectivity index (χ0n) is 11.0. The van der Waals surface area contributed by atoms with Crippen LogP contribution in [0.1, 0.15) is 16.8 Å². The van der Waals surface area contributed by atoms with Crippen molar-refractivity contribution in [2.75, 3.05) is 0 Å². The highest BCUT2D eigenvalue weighted by Gasteiger charge is 2.14. The van der Waals surface area contributed by atoms with E-state index >= 15 is 0 Å². The van der Waals surface area contributed by atoms with Gasteiger partial charge in [-0.25, -0.2) is 17.5 Å². The Labute approximate surface area is 117 Å². The van der Waals surface area contributed by atoms with Gasteiger partial charge in [-0.05, 0) is 24.6 Å². The predicted molar refractivity (Wildman–Crippen MR) is 74.8 cm³/mol. The Kier molecular flexibility index (Phi) is 4.46. The van der Waals surface area contributed by atoms with Gasteiger partial charge in [0.25, 0.3) is 0 Å². The van der Waals surface area contributed by atoms with Gasteiger partial charge in [-0.15, -0.1) is 0 Å². The average molecular weight is 294 g/mol. The number of hydrogen-bond donors (Lipinski definition) is 1. The first kappa shape index (κ1) is 14.6. The van der Waals surface area contributed by atoms with Crippen LogP contribution in [0.2, 0.25) is 0 Å². The Morgan fingerprint density at radius 1 is 1.20 bits per heavy atom. The molecule has 2 aromatic rings. The van der Waals surface area contributed by atoms with Gasteiger partial charge in [-0.1, -0.05) is 24.3 Å². The van der Waals surface area contributed by atoms with Gasteiger partial charge in [0.2, 0.25) is 10.0 Å². The van der Waals surface area contributed by atoms with E-state index in [0.717, 1.165) is 11.3 Å². The van der Waals surface area contributed by atoms with E-state index in [2.05, 4.69) is 9.71 Å². The monoisotopic (exact) mass is 294 g/mol. The van der Waals surface area contributed by atoms with Crippen molar-refractivity contribution < 1.29 is 12.8 Å². The molecule has 0 aliphatic carbocycles. The van der Waals surface area contributed by atoms with Gasteiger partial charge < -0.3 is 0 Å². The molecule has 20 heavy (non-hydrogen) atoms. The predicted octanol–water partition coefficient (Wildman–Crippen LogP) is 2.15. The van der Waals surface area contributed by atoms with Gasteiger partial charge in [0.1, 0.15) is 5.82 Å². The quantitative estimate of drug-likeness (QED) is 0.919. The van der Waals surface area contributed by atoms with Crippen molar-refractivity contribution in [1.82, 2.24) is 9.71 Å². The van der Waals surface area contributed by atoms with E-state index in [9.17, 15) is 12.8 Å². The maximum absolute atomic E-state index is 13.4. The minimum absolute atomic E-state index is 0.143. The van der Waals surface area contributed by atoms with E-state index in [4.69, 9.17) is 0 Å². The van der Waals surface area contributed by atoms with Gasteiger partial charge >= 0.3 is 0 Å². The molecule has 1 N–H and O–H groups in total. The lowest BCUT2D eigenvalue weighted by molar-refractivity contribution is 0.574. The van der Waals surface area contributed by atoms with E-state index in [1.54, 1.807) is 24.4 Å². The molecule has 0 saturated carbocycles. The van der Waals surface area contributed by atoms with Crippen LogP contribution in [0, 0.1) is 12.7 Å². The van der Waals surface area contributed by atoms with E-state index in [1.165, 1.54) is 18.2 Å². The number of pyridine rings is 1. The summed E-state index contributed by atoms with van der Waals surface area (Å²) in [5.74, 6) is -0.895. The zero-order chi connectivity index (χ0) is 14.6. The molecular formula is C14H15FN2O2S. The number of aromatic nitrogens is 1. The Morgan fingerprint density at radius 3 is 2.60 bits per heavy atom. The molecule has 0 radical (unpaired) electrons. The van der Waals surface area contributed by atoms with E-state index in [-0.39, 0.29) is 17.9 Å². The van der Waals surface area contributed by atoms with Crippen molar-refractivity contribution in [3.8, 4) is 0 Å². The number of hydrogen-bond acceptors (Lipinski definition) is 3. The third-order valence-corrected chi connectivity index (χ3v) is 4.05. The van der Waals surface area contributed by atoms with Crippen LogP contribution in [0.5, 0.6) is 0 Å². The first-order chi connectivity index (χ1) is 9.46. The molecule has 0 fully saturated rings. The molecule has 1 aromatic heterocycles. The summed E-state index contributed by atoms with van der Waals surface area (Å²) in [5, 5.41) is 0. The molecule has 2 rings (SSSR count). The molecule has 6 heteroatoms. The third kappa shape index (κ3) is 4.11. The summed E-state index contributed by atoms with van der Waals surface area (Å²) >= 11 is 0. The molecule has 1 aromatic carbocycles. The first-order valence-corrected chi connectivity index (χ1v) is 7.74. The Morgan fingerprint density at radius 2 is 1.95 bits per heavy atom. The molecule has 1 heterocycles. The van der Waals surface area contributed by atoms with Crippen LogP contribution < -0.4 is 4.72 Å². The number of aryl methyl sites for hydroxylation is 1. The lowest BCUT2D eigenvalue weighted by Gasteiger charge is -2.07. The van der Waals surface area contributed by atoms with E-state index in [0.29, 0.717) is 0 Å². The molecule has 0 unspecified atom stereocenters. The molecule has 0 bridgehead atoms. The maximum atomic E-state index is 13.4. The minimum atomic E-state index is -3.58. The number of halogens is 1. The molecule has 4 nitrogen and oxygen atoms in total. The molecule has 0 spiro atoms. The molecule has 106 valence electrons. The number of sulfonamides is 1. The molecule has 0 aliphatic rings. The van der Waals surface area contributed by atoms with Crippen LogP contribution in [0.4, 0.5) is 4.39 Å². The second-order valence-electron chi connectivity index (χ2n) is 4.48. The lowest BCUT2D eigenvalue weighted by Crippen LogP contribution is -2.25. The van der Waals surface area contributed by atoms with Crippen molar-refractivity contribution in [2.45, 2.75) is 19.2 Å². The third-order valence-electron chi connectivity index (χ3n) is 2.77. The van der Waals surface area contributed by atoms with Gasteiger partial charge in [0, 0.05) is 24.0 Å². The van der Waals surface area contributed by atoms with Crippen LogP contribution >= 0.6 is 0 Å². The van der Waals surface area contributed by atoms with E-state index in [1.807, 2.05) is 6.92 Å². The summed E-state index contributed by atoms with van der Waals surface area (Å²) in [4.78, 5) is 4.08. The van der Waals surface area contributed by atoms with Crippen LogP contribution in [0.3, 0.4) is 0 Å². The second-order valence-corrected chi connectivity index (χ2v) is 6.29. The molecule has 0 saturated heterocycles. The summed E-state index contributed by atoms with van der Waals surface area (Å²) in [6.07, 6.45) is 1.61. The summed E-state index contributed by atoms with van der Waals surface area (Å²) in [6, 6.07) is 9.44. The summed E-state index contributed by atoms with van der Waals surface area (Å²) in [6.45, 7) is 2.00. The Balaban J connectivity index is 2.01. The van der Waals surface area contributed by atoms with E-state index < -0.39 is 15.8 Å². The highest BCUT2D eigenvalue weighted by atomic mass is 32.2. The van der Waals surface area contributed by atoms with Crippen LogP contribution in [0.25, 0.3) is 0 Å².